The van der Waals surface area contributed by atoms with Gasteiger partial charge >= 0.3 is 6.18 Å². The first-order valence-corrected chi connectivity index (χ1v) is 2.53. The number of hydrogen-bond acceptors (Lipinski definition) is 2. The molecule has 0 saturated carbocycles. The second-order valence-electron chi connectivity index (χ2n) is 1.89. The van der Waals surface area contributed by atoms with Crippen LogP contribution in [0.15, 0.2) is 11.8 Å². The number of rotatable bonds is 0. The maximum absolute atomic E-state index is 11.7. The molecule has 1 aliphatic heterocycles. The van der Waals surface area contributed by atoms with Crippen molar-refractivity contribution in [2.75, 3.05) is 7.05 Å². The molecule has 1 heterocycles. The second kappa shape index (κ2) is 2.16. The van der Waals surface area contributed by atoms with Gasteiger partial charge in [0.25, 0.3) is 0 Å². The highest BCUT2D eigenvalue weighted by Crippen LogP contribution is 2.28. The highest BCUT2D eigenvalue weighted by molar-refractivity contribution is 5.20. The van der Waals surface area contributed by atoms with Crippen LogP contribution in [0.5, 0.6) is 0 Å². The molecule has 10 heavy (non-hydrogen) atoms. The normalized spacial score (nSPS) is 19.6. The predicted molar refractivity (Wildman–Crippen MR) is 28.3 cm³/mol. The van der Waals surface area contributed by atoms with Gasteiger partial charge < -0.3 is 5.01 Å². The average Bonchev–Trinajstić information content (AvgIpc) is 2.11. The first-order chi connectivity index (χ1) is 4.50. The van der Waals surface area contributed by atoms with Gasteiger partial charge in [-0.15, -0.1) is 0 Å². The molecule has 0 aromatic carbocycles. The number of nitrogens with one attached hydrogen (secondary N) is 1. The number of hydrogen-bond donors (Lipinski definition) is 1. The van der Waals surface area contributed by atoms with Crippen LogP contribution in [0.3, 0.4) is 0 Å². The first kappa shape index (κ1) is 7.40. The van der Waals surface area contributed by atoms with Crippen LogP contribution in [0.1, 0.15) is 0 Å². The average molecular weight is 150 g/mol. The zero-order valence-electron chi connectivity index (χ0n) is 5.16. The quantitative estimate of drug-likeness (QED) is 0.552. The zero-order valence-corrected chi connectivity index (χ0v) is 5.16. The Bertz CT molecular complexity index is 161. The molecule has 0 unspecified atom stereocenters. The molecule has 0 saturated heterocycles. The molecule has 0 spiro atoms. The lowest BCUT2D eigenvalue weighted by molar-refractivity contribution is -0.0896. The van der Waals surface area contributed by atoms with Gasteiger partial charge in [-0.05, 0) is 0 Å². The van der Waals surface area contributed by atoms with Crippen LogP contribution in [0.2, 0.25) is 0 Å². The molecule has 0 fully saturated rings. The van der Waals surface area contributed by atoms with Crippen molar-refractivity contribution < 1.29 is 13.2 Å². The van der Waals surface area contributed by atoms with Gasteiger partial charge in [0.1, 0.15) is 6.54 Å². The van der Waals surface area contributed by atoms with E-state index in [1.807, 2.05) is 6.54 Å². The zero-order chi connectivity index (χ0) is 7.78. The summed E-state index contributed by atoms with van der Waals surface area (Å²) < 4.78 is 35.2. The topological polar surface area (TPSA) is 15.3 Å². The predicted octanol–water partition coefficient (Wildman–Crippen LogP) is 0.921. The van der Waals surface area contributed by atoms with E-state index >= 15 is 0 Å². The van der Waals surface area contributed by atoms with Crippen molar-refractivity contribution in [1.82, 2.24) is 10.4 Å². The second-order valence-corrected chi connectivity index (χ2v) is 1.89. The van der Waals surface area contributed by atoms with Crippen molar-refractivity contribution in [3.63, 3.8) is 0 Å². The summed E-state index contributed by atoms with van der Waals surface area (Å²) in [5, 5.41) is 1.18. The molecular weight excluding hydrogens is 145 g/mol. The summed E-state index contributed by atoms with van der Waals surface area (Å²) in [6.07, 6.45) is -3.36. The van der Waals surface area contributed by atoms with E-state index in [9.17, 15) is 13.2 Å². The summed E-state index contributed by atoms with van der Waals surface area (Å²) in [7, 11) is 1.46. The van der Waals surface area contributed by atoms with Gasteiger partial charge in [0, 0.05) is 13.2 Å². The Morgan fingerprint density at radius 3 is 2.40 bits per heavy atom. The summed E-state index contributed by atoms with van der Waals surface area (Å²) in [5.74, 6) is 0. The Hall–Kier alpha value is -0.710. The lowest BCUT2D eigenvalue weighted by atomic mass is 10.3. The van der Waals surface area contributed by atoms with Crippen LogP contribution in [0, 0.1) is 6.54 Å². The van der Waals surface area contributed by atoms with Gasteiger partial charge in [-0.2, -0.15) is 13.2 Å². The van der Waals surface area contributed by atoms with E-state index in [1.54, 1.807) is 0 Å². The SMILES string of the molecule is CN1C=C(C(F)(F)F)[C]N1. The summed E-state index contributed by atoms with van der Waals surface area (Å²) in [4.78, 5) is 0. The van der Waals surface area contributed by atoms with Crippen LogP contribution in [-0.4, -0.2) is 18.2 Å². The van der Waals surface area contributed by atoms with E-state index in [0.717, 1.165) is 6.20 Å². The Labute approximate surface area is 56.3 Å². The highest BCUT2D eigenvalue weighted by Gasteiger charge is 2.36. The lowest BCUT2D eigenvalue weighted by Gasteiger charge is -2.03. The van der Waals surface area contributed by atoms with E-state index < -0.39 is 11.7 Å². The Kier molecular flexibility index (Phi) is 1.60. The van der Waals surface area contributed by atoms with E-state index in [4.69, 9.17) is 0 Å². The van der Waals surface area contributed by atoms with E-state index in [1.165, 1.54) is 12.1 Å². The van der Waals surface area contributed by atoms with Crippen molar-refractivity contribution in [3.8, 4) is 0 Å². The van der Waals surface area contributed by atoms with E-state index in [-0.39, 0.29) is 0 Å². The number of hydrazine groups is 1. The maximum atomic E-state index is 11.7. The third kappa shape index (κ3) is 1.41. The summed E-state index contributed by atoms with van der Waals surface area (Å²) >= 11 is 0. The fourth-order valence-corrected chi connectivity index (χ4v) is 0.551. The van der Waals surface area contributed by atoms with Crippen LogP contribution in [-0.2, 0) is 0 Å². The molecule has 1 aliphatic rings. The molecule has 0 aromatic rings. The fraction of sp³-hybridized carbons (Fsp3) is 0.400. The minimum atomic E-state index is -4.29. The van der Waals surface area contributed by atoms with Gasteiger partial charge in [0.05, 0.1) is 5.57 Å². The van der Waals surface area contributed by atoms with Crippen molar-refractivity contribution in [2.45, 2.75) is 6.18 Å². The molecule has 56 valence electrons. The minimum absolute atomic E-state index is 0.782. The van der Waals surface area contributed by atoms with Gasteiger partial charge in [0.15, 0.2) is 0 Å². The molecule has 1 rings (SSSR count). The summed E-state index contributed by atoms with van der Waals surface area (Å²) in [6, 6.07) is 0. The smallest absolute Gasteiger partial charge is 0.317 e. The molecule has 5 heteroatoms. The Morgan fingerprint density at radius 2 is 2.20 bits per heavy atom. The first-order valence-electron chi connectivity index (χ1n) is 2.53. The molecule has 0 atom stereocenters. The fourth-order valence-electron chi connectivity index (χ4n) is 0.551. The van der Waals surface area contributed by atoms with Crippen molar-refractivity contribution in [3.05, 3.63) is 18.3 Å². The number of alkyl halides is 3. The molecule has 1 N–H and O–H groups in total. The van der Waals surface area contributed by atoms with E-state index in [0.29, 0.717) is 0 Å². The Morgan fingerprint density at radius 1 is 1.60 bits per heavy atom. The molecule has 2 radical (unpaired) electrons. The maximum Gasteiger partial charge on any atom is 0.416 e. The minimum Gasteiger partial charge on any atom is -0.317 e. The Balaban J connectivity index is 2.67. The molecule has 0 aliphatic carbocycles. The number of nitrogens with zero attached hydrogens (tertiary/aromatic N) is 1. The van der Waals surface area contributed by atoms with Crippen molar-refractivity contribution >= 4 is 0 Å². The standard InChI is InChI=1S/C5H5F3N2/c1-10-3-4(2-9-10)5(6,7)8/h3,9H,1H3. The molecule has 0 bridgehead atoms. The third-order valence-corrected chi connectivity index (χ3v) is 0.995. The van der Waals surface area contributed by atoms with Crippen molar-refractivity contribution in [2.24, 2.45) is 0 Å². The van der Waals surface area contributed by atoms with Crippen LogP contribution < -0.4 is 5.43 Å². The summed E-state index contributed by atoms with van der Waals surface area (Å²) in [5.41, 5.74) is 1.46. The molecule has 2 nitrogen and oxygen atoms in total. The van der Waals surface area contributed by atoms with Crippen molar-refractivity contribution in [1.29, 1.82) is 0 Å². The van der Waals surface area contributed by atoms with Gasteiger partial charge in [0.2, 0.25) is 0 Å². The largest absolute Gasteiger partial charge is 0.416 e. The number of halogens is 3. The lowest BCUT2D eigenvalue weighted by Crippen LogP contribution is -2.21. The molecule has 0 amide bonds. The van der Waals surface area contributed by atoms with Gasteiger partial charge in [-0.25, -0.2) is 5.43 Å². The summed E-state index contributed by atoms with van der Waals surface area (Å²) in [6.45, 7) is 1.96. The van der Waals surface area contributed by atoms with Gasteiger partial charge in [-0.3, -0.25) is 0 Å². The van der Waals surface area contributed by atoms with Crippen LogP contribution in [0.4, 0.5) is 13.2 Å². The monoisotopic (exact) mass is 150 g/mol. The third-order valence-electron chi connectivity index (χ3n) is 0.995. The van der Waals surface area contributed by atoms with Crippen LogP contribution >= 0.6 is 0 Å². The highest BCUT2D eigenvalue weighted by atomic mass is 19.4. The molecule has 0 aromatic heterocycles. The van der Waals surface area contributed by atoms with E-state index in [2.05, 4.69) is 5.43 Å². The van der Waals surface area contributed by atoms with Gasteiger partial charge in [-0.1, -0.05) is 0 Å². The molecular formula is C5H5F3N2. The van der Waals surface area contributed by atoms with Crippen LogP contribution in [0.25, 0.3) is 0 Å².